The number of carbonyl (C=O) groups excluding carboxylic acids is 1. The molecule has 4 nitrogen and oxygen atoms in total. The van der Waals surface area contributed by atoms with Crippen molar-refractivity contribution in [2.24, 2.45) is 0 Å². The molecule has 0 spiro atoms. The molecule has 1 heterocycles. The summed E-state index contributed by atoms with van der Waals surface area (Å²) in [5, 5.41) is 3.05. The average Bonchev–Trinajstić information content (AvgIpc) is 2.66. The van der Waals surface area contributed by atoms with Crippen molar-refractivity contribution in [3.05, 3.63) is 53.6 Å². The van der Waals surface area contributed by atoms with E-state index in [1.165, 1.54) is 17.3 Å². The molecule has 0 unspecified atom stereocenters. The lowest BCUT2D eigenvalue weighted by Crippen LogP contribution is -2.28. The molecule has 5 heteroatoms. The number of aryl methyl sites for hydroxylation is 1. The highest BCUT2D eigenvalue weighted by Crippen LogP contribution is 2.34. The number of hydrogen-bond acceptors (Lipinski definition) is 4. The van der Waals surface area contributed by atoms with Crippen LogP contribution < -0.4 is 14.8 Å². The number of rotatable bonds is 6. The fraction of sp³-hybridized carbons (Fsp3) is 0.350. The quantitative estimate of drug-likeness (QED) is 0.794. The van der Waals surface area contributed by atoms with Gasteiger partial charge in [-0.2, -0.15) is 0 Å². The smallest absolute Gasteiger partial charge is 0.230 e. The van der Waals surface area contributed by atoms with Crippen molar-refractivity contribution in [1.29, 1.82) is 0 Å². The van der Waals surface area contributed by atoms with Gasteiger partial charge in [0.05, 0.1) is 11.8 Å². The number of carbonyl (C=O) groups is 1. The van der Waals surface area contributed by atoms with Gasteiger partial charge in [0.25, 0.3) is 0 Å². The second kappa shape index (κ2) is 8.30. The summed E-state index contributed by atoms with van der Waals surface area (Å²) in [6, 6.07) is 14.2. The molecule has 0 saturated heterocycles. The molecule has 0 radical (unpaired) electrons. The maximum Gasteiger partial charge on any atom is 0.230 e. The first-order valence-electron chi connectivity index (χ1n) is 8.56. The molecule has 2 aromatic rings. The van der Waals surface area contributed by atoms with Crippen LogP contribution in [0.1, 0.15) is 31.0 Å². The average molecular weight is 357 g/mol. The van der Waals surface area contributed by atoms with Gasteiger partial charge in [-0.05, 0) is 42.7 Å². The van der Waals surface area contributed by atoms with Crippen LogP contribution in [0.3, 0.4) is 0 Å². The number of thioether (sulfide) groups is 1. The molecule has 0 fully saturated rings. The maximum absolute atomic E-state index is 12.2. The summed E-state index contributed by atoms with van der Waals surface area (Å²) in [6.07, 6.45) is 1.02. The van der Waals surface area contributed by atoms with Crippen LogP contribution in [0.4, 0.5) is 0 Å². The van der Waals surface area contributed by atoms with E-state index in [4.69, 9.17) is 9.47 Å². The van der Waals surface area contributed by atoms with E-state index >= 15 is 0 Å². The number of amides is 1. The molecular weight excluding hydrogens is 334 g/mol. The van der Waals surface area contributed by atoms with Gasteiger partial charge in [-0.3, -0.25) is 4.79 Å². The zero-order valence-corrected chi connectivity index (χ0v) is 15.4. The SMILES string of the molecule is CCc1ccc([C@@H](C)NC(=O)CSc2ccc3c(c2)OCCO3)cc1. The minimum atomic E-state index is -0.000674. The van der Waals surface area contributed by atoms with E-state index in [-0.39, 0.29) is 11.9 Å². The molecule has 1 N–H and O–H groups in total. The van der Waals surface area contributed by atoms with E-state index < -0.39 is 0 Å². The van der Waals surface area contributed by atoms with E-state index in [9.17, 15) is 4.79 Å². The summed E-state index contributed by atoms with van der Waals surface area (Å²) in [6.45, 7) is 5.29. The molecule has 3 rings (SSSR count). The number of nitrogens with one attached hydrogen (secondary N) is 1. The number of benzene rings is 2. The van der Waals surface area contributed by atoms with Gasteiger partial charge < -0.3 is 14.8 Å². The van der Waals surface area contributed by atoms with Gasteiger partial charge in [-0.25, -0.2) is 0 Å². The Morgan fingerprint density at radius 2 is 1.84 bits per heavy atom. The topological polar surface area (TPSA) is 47.6 Å². The highest BCUT2D eigenvalue weighted by atomic mass is 32.2. The third-order valence-corrected chi connectivity index (χ3v) is 5.14. The highest BCUT2D eigenvalue weighted by molar-refractivity contribution is 8.00. The van der Waals surface area contributed by atoms with Crippen molar-refractivity contribution in [3.63, 3.8) is 0 Å². The minimum Gasteiger partial charge on any atom is -0.486 e. The molecule has 0 aromatic heterocycles. The summed E-state index contributed by atoms with van der Waals surface area (Å²) in [5.74, 6) is 1.91. The standard InChI is InChI=1S/C20H23NO3S/c1-3-15-4-6-16(7-5-15)14(2)21-20(22)13-25-17-8-9-18-19(12-17)24-11-10-23-18/h4-9,12,14H,3,10-11,13H2,1-2H3,(H,21,22)/t14-/m1/s1. The van der Waals surface area contributed by atoms with Gasteiger partial charge in [0, 0.05) is 4.90 Å². The number of ether oxygens (including phenoxy) is 2. The van der Waals surface area contributed by atoms with Crippen molar-refractivity contribution in [1.82, 2.24) is 5.32 Å². The lowest BCUT2D eigenvalue weighted by Gasteiger charge is -2.19. The first kappa shape index (κ1) is 17.7. The number of fused-ring (bicyclic) bond motifs is 1. The molecule has 2 aromatic carbocycles. The normalized spacial score (nSPS) is 14.0. The third kappa shape index (κ3) is 4.69. The zero-order chi connectivity index (χ0) is 17.6. The molecule has 1 atom stereocenters. The maximum atomic E-state index is 12.2. The first-order chi connectivity index (χ1) is 12.2. The van der Waals surface area contributed by atoms with Gasteiger partial charge in [0.15, 0.2) is 11.5 Å². The Labute approximate surface area is 152 Å². The molecule has 132 valence electrons. The lowest BCUT2D eigenvalue weighted by atomic mass is 10.1. The molecule has 0 saturated carbocycles. The third-order valence-electron chi connectivity index (χ3n) is 4.15. The predicted octanol–water partition coefficient (Wildman–Crippen LogP) is 3.99. The second-order valence-corrected chi connectivity index (χ2v) is 7.03. The largest absolute Gasteiger partial charge is 0.486 e. The summed E-state index contributed by atoms with van der Waals surface area (Å²) in [5.41, 5.74) is 2.42. The Kier molecular flexibility index (Phi) is 5.87. The molecule has 1 aliphatic rings. The summed E-state index contributed by atoms with van der Waals surface area (Å²) in [4.78, 5) is 13.2. The van der Waals surface area contributed by atoms with Crippen LogP contribution in [0.5, 0.6) is 11.5 Å². The van der Waals surface area contributed by atoms with Crippen molar-refractivity contribution < 1.29 is 14.3 Å². The lowest BCUT2D eigenvalue weighted by molar-refractivity contribution is -0.119. The van der Waals surface area contributed by atoms with E-state index in [0.717, 1.165) is 28.4 Å². The molecule has 1 amide bonds. The monoisotopic (exact) mass is 357 g/mol. The molecule has 0 aliphatic carbocycles. The Hall–Kier alpha value is -2.14. The summed E-state index contributed by atoms with van der Waals surface area (Å²) >= 11 is 1.50. The van der Waals surface area contributed by atoms with Crippen molar-refractivity contribution in [2.45, 2.75) is 31.2 Å². The van der Waals surface area contributed by atoms with Gasteiger partial charge >= 0.3 is 0 Å². The van der Waals surface area contributed by atoms with E-state index in [1.807, 2.05) is 25.1 Å². The van der Waals surface area contributed by atoms with Gasteiger partial charge in [-0.1, -0.05) is 31.2 Å². The van der Waals surface area contributed by atoms with Crippen LogP contribution >= 0.6 is 11.8 Å². The van der Waals surface area contributed by atoms with E-state index in [2.05, 4.69) is 36.5 Å². The molecule has 1 aliphatic heterocycles. The van der Waals surface area contributed by atoms with Crippen LogP contribution in [0.15, 0.2) is 47.4 Å². The zero-order valence-electron chi connectivity index (χ0n) is 14.6. The molecule has 0 bridgehead atoms. The van der Waals surface area contributed by atoms with Crippen LogP contribution in [0.2, 0.25) is 0 Å². The Morgan fingerprint density at radius 1 is 1.12 bits per heavy atom. The Balaban J connectivity index is 1.52. The van der Waals surface area contributed by atoms with Crippen molar-refractivity contribution >= 4 is 17.7 Å². The van der Waals surface area contributed by atoms with Crippen LogP contribution in [-0.4, -0.2) is 24.9 Å². The van der Waals surface area contributed by atoms with Gasteiger partial charge in [0.2, 0.25) is 5.91 Å². The van der Waals surface area contributed by atoms with E-state index in [0.29, 0.717) is 19.0 Å². The Bertz CT molecular complexity index is 730. The molecular formula is C20H23NO3S. The van der Waals surface area contributed by atoms with Crippen LogP contribution in [-0.2, 0) is 11.2 Å². The fourth-order valence-corrected chi connectivity index (χ4v) is 3.41. The van der Waals surface area contributed by atoms with Crippen LogP contribution in [0, 0.1) is 0 Å². The van der Waals surface area contributed by atoms with Gasteiger partial charge in [-0.15, -0.1) is 11.8 Å². The predicted molar refractivity (Wildman–Crippen MR) is 101 cm³/mol. The van der Waals surface area contributed by atoms with E-state index in [1.54, 1.807) is 0 Å². The summed E-state index contributed by atoms with van der Waals surface area (Å²) < 4.78 is 11.1. The first-order valence-corrected chi connectivity index (χ1v) is 9.55. The Morgan fingerprint density at radius 3 is 2.56 bits per heavy atom. The number of hydrogen-bond donors (Lipinski definition) is 1. The van der Waals surface area contributed by atoms with Gasteiger partial charge in [0.1, 0.15) is 13.2 Å². The minimum absolute atomic E-state index is 0.000674. The van der Waals surface area contributed by atoms with Crippen LogP contribution in [0.25, 0.3) is 0 Å². The fourth-order valence-electron chi connectivity index (χ4n) is 2.67. The molecule has 25 heavy (non-hydrogen) atoms. The second-order valence-electron chi connectivity index (χ2n) is 5.98. The van der Waals surface area contributed by atoms with Crippen molar-refractivity contribution in [2.75, 3.05) is 19.0 Å². The van der Waals surface area contributed by atoms with Crippen molar-refractivity contribution in [3.8, 4) is 11.5 Å². The highest BCUT2D eigenvalue weighted by Gasteiger charge is 2.13. The summed E-state index contributed by atoms with van der Waals surface area (Å²) in [7, 11) is 0.